The Morgan fingerprint density at radius 1 is 0.725 bits per heavy atom. The summed E-state index contributed by atoms with van der Waals surface area (Å²) in [7, 11) is 0. The number of benzene rings is 3. The van der Waals surface area contributed by atoms with Crippen LogP contribution in [0.2, 0.25) is 0 Å². The van der Waals surface area contributed by atoms with Crippen LogP contribution >= 0.6 is 0 Å². The van der Waals surface area contributed by atoms with Crippen molar-refractivity contribution >= 4 is 35.4 Å². The zero-order chi connectivity index (χ0) is 37.2. The molecule has 0 spiro atoms. The second-order valence-corrected chi connectivity index (χ2v) is 11.3. The van der Waals surface area contributed by atoms with Crippen molar-refractivity contribution in [2.24, 2.45) is 5.92 Å². The number of carbonyl (C=O) groups excluding carboxylic acids is 3. The Bertz CT molecular complexity index is 1640. The van der Waals surface area contributed by atoms with Crippen molar-refractivity contribution < 1.29 is 64.8 Å². The molecule has 0 aliphatic heterocycles. The van der Waals surface area contributed by atoms with Crippen molar-refractivity contribution in [1.82, 2.24) is 10.6 Å². The molecule has 3 aromatic carbocycles. The van der Waals surface area contributed by atoms with Crippen LogP contribution in [0.1, 0.15) is 54.1 Å². The molecule has 5 N–H and O–H groups in total. The van der Waals surface area contributed by atoms with E-state index in [2.05, 4.69) is 30.7 Å². The summed E-state index contributed by atoms with van der Waals surface area (Å²) in [6.07, 6.45) is -9.63. The van der Waals surface area contributed by atoms with Crippen molar-refractivity contribution in [3.63, 3.8) is 0 Å². The van der Waals surface area contributed by atoms with Crippen LogP contribution < -0.4 is 30.7 Å². The maximum atomic E-state index is 13.1. The van der Waals surface area contributed by atoms with Gasteiger partial charge in [-0.15, -0.1) is 26.3 Å². The van der Waals surface area contributed by atoms with Crippen molar-refractivity contribution in [3.8, 4) is 11.5 Å². The average Bonchev–Trinajstić information content (AvgIpc) is 3.04. The van der Waals surface area contributed by atoms with Gasteiger partial charge in [-0.2, -0.15) is 0 Å². The molecule has 1 atom stereocenters. The highest BCUT2D eigenvalue weighted by atomic mass is 19.4. The van der Waals surface area contributed by atoms with Gasteiger partial charge in [-0.25, -0.2) is 9.59 Å². The number of alkyl halides is 6. The molecule has 1 fully saturated rings. The smallest absolute Gasteiger partial charge is 0.481 e. The number of anilines is 2. The van der Waals surface area contributed by atoms with Gasteiger partial charge in [0.05, 0.1) is 12.5 Å². The molecular formula is C33H32F6N4O8. The third kappa shape index (κ3) is 12.9. The zero-order valence-corrected chi connectivity index (χ0v) is 26.5. The molecule has 0 aromatic heterocycles. The molecule has 51 heavy (non-hydrogen) atoms. The topological polar surface area (TPSA) is 164 Å². The summed E-state index contributed by atoms with van der Waals surface area (Å²) in [6.45, 7) is -0.0733. The van der Waals surface area contributed by atoms with Gasteiger partial charge in [0.2, 0.25) is 0 Å². The zero-order valence-electron chi connectivity index (χ0n) is 26.5. The monoisotopic (exact) mass is 726 g/mol. The molecule has 18 heteroatoms. The highest BCUT2D eigenvalue weighted by Gasteiger charge is 2.33. The van der Waals surface area contributed by atoms with E-state index in [1.54, 1.807) is 12.1 Å². The van der Waals surface area contributed by atoms with Gasteiger partial charge < -0.3 is 35.3 Å². The Morgan fingerprint density at radius 3 is 1.73 bits per heavy atom. The maximum Gasteiger partial charge on any atom is 0.573 e. The molecule has 274 valence electrons. The van der Waals surface area contributed by atoms with E-state index in [1.807, 2.05) is 0 Å². The lowest BCUT2D eigenvalue weighted by Crippen LogP contribution is -2.39. The quantitative estimate of drug-likeness (QED) is 0.121. The number of aliphatic carboxylic acids is 1. The van der Waals surface area contributed by atoms with Crippen molar-refractivity contribution in [2.75, 3.05) is 17.2 Å². The van der Waals surface area contributed by atoms with E-state index in [4.69, 9.17) is 9.84 Å². The normalized spacial score (nSPS) is 16.6. The molecular weight excluding hydrogens is 694 g/mol. The third-order valence-electron chi connectivity index (χ3n) is 7.59. The summed E-state index contributed by atoms with van der Waals surface area (Å²) in [6, 6.07) is 14.0. The lowest BCUT2D eigenvalue weighted by molar-refractivity contribution is -0.275. The Hall–Kier alpha value is -5.68. The van der Waals surface area contributed by atoms with Crippen LogP contribution in [-0.2, 0) is 9.53 Å². The van der Waals surface area contributed by atoms with Crippen LogP contribution in [0.5, 0.6) is 11.5 Å². The first-order valence-electron chi connectivity index (χ1n) is 15.4. The minimum Gasteiger partial charge on any atom is -0.481 e. The molecule has 0 heterocycles. The van der Waals surface area contributed by atoms with Crippen molar-refractivity contribution in [1.29, 1.82) is 0 Å². The minimum atomic E-state index is -4.88. The summed E-state index contributed by atoms with van der Waals surface area (Å²) in [5, 5.41) is 19.2. The van der Waals surface area contributed by atoms with Gasteiger partial charge in [-0.05, 0) is 97.8 Å². The standard InChI is InChI=1S/C33H32F6N4O8/c34-32(35,36)50-25-13-7-22(8-14-25)41-30(47)43-28(19-1-3-21(4-2-19)29(46)40-18-17-27(44)45)20-5-11-24(12-6-20)49-31(48)42-23-9-15-26(16-10-23)51-33(37,38)39/h1-4,7-10,13-16,20,24,28H,5-6,11-12,17-18H2,(H,40,46)(H,42,48)(H,44,45)(H2,41,43,47)/t20-,24-,28?. The van der Waals surface area contributed by atoms with Gasteiger partial charge in [0, 0.05) is 23.5 Å². The summed E-state index contributed by atoms with van der Waals surface area (Å²) in [4.78, 5) is 48.8. The van der Waals surface area contributed by atoms with E-state index in [9.17, 15) is 45.5 Å². The molecule has 12 nitrogen and oxygen atoms in total. The largest absolute Gasteiger partial charge is 0.573 e. The van der Waals surface area contributed by atoms with Crippen LogP contribution in [0.15, 0.2) is 72.8 Å². The second-order valence-electron chi connectivity index (χ2n) is 11.3. The lowest BCUT2D eigenvalue weighted by atomic mass is 9.80. The number of hydrogen-bond acceptors (Lipinski definition) is 7. The van der Waals surface area contributed by atoms with Crippen LogP contribution in [-0.4, -0.2) is 54.5 Å². The summed E-state index contributed by atoms with van der Waals surface area (Å²) >= 11 is 0. The van der Waals surface area contributed by atoms with Gasteiger partial charge in [0.1, 0.15) is 17.6 Å². The number of urea groups is 1. The van der Waals surface area contributed by atoms with E-state index in [0.29, 0.717) is 31.2 Å². The first kappa shape index (κ1) is 38.1. The van der Waals surface area contributed by atoms with E-state index in [1.165, 1.54) is 36.4 Å². The fourth-order valence-corrected chi connectivity index (χ4v) is 5.33. The minimum absolute atomic E-state index is 0.0733. The second kappa shape index (κ2) is 16.8. The molecule has 0 bridgehead atoms. The van der Waals surface area contributed by atoms with Gasteiger partial charge in [0.15, 0.2) is 0 Å². The SMILES string of the molecule is O=C(O)CCNC(=O)c1ccc(C(NC(=O)Nc2ccc(OC(F)(F)F)cc2)[C@H]2CC[C@H](OC(=O)Nc3ccc(OC(F)(F)F)cc3)CC2)cc1. The molecule has 1 aliphatic rings. The van der Waals surface area contributed by atoms with Crippen molar-refractivity contribution in [3.05, 3.63) is 83.9 Å². The van der Waals surface area contributed by atoms with Gasteiger partial charge in [0.25, 0.3) is 5.91 Å². The Morgan fingerprint density at radius 2 is 1.24 bits per heavy atom. The van der Waals surface area contributed by atoms with E-state index in [0.717, 1.165) is 24.3 Å². The first-order valence-corrected chi connectivity index (χ1v) is 15.4. The fourth-order valence-electron chi connectivity index (χ4n) is 5.33. The molecule has 1 saturated carbocycles. The number of carbonyl (C=O) groups is 4. The van der Waals surface area contributed by atoms with Crippen LogP contribution in [0, 0.1) is 5.92 Å². The van der Waals surface area contributed by atoms with Gasteiger partial charge in [-0.1, -0.05) is 12.1 Å². The number of hydrogen-bond donors (Lipinski definition) is 5. The highest BCUT2D eigenvalue weighted by Crippen LogP contribution is 2.36. The summed E-state index contributed by atoms with van der Waals surface area (Å²) in [5.74, 6) is -2.70. The van der Waals surface area contributed by atoms with Crippen LogP contribution in [0.25, 0.3) is 0 Å². The molecule has 0 saturated heterocycles. The Kier molecular flexibility index (Phi) is 12.6. The number of carboxylic acid groups (broad SMARTS) is 1. The molecule has 4 amide bonds. The van der Waals surface area contributed by atoms with Crippen molar-refractivity contribution in [2.45, 2.75) is 57.0 Å². The predicted octanol–water partition coefficient (Wildman–Crippen LogP) is 7.36. The first-order chi connectivity index (χ1) is 24.0. The van der Waals surface area contributed by atoms with E-state index >= 15 is 0 Å². The molecule has 0 radical (unpaired) electrons. The third-order valence-corrected chi connectivity index (χ3v) is 7.59. The number of nitrogens with one attached hydrogen (secondary N) is 4. The number of carboxylic acids is 1. The maximum absolute atomic E-state index is 13.1. The van der Waals surface area contributed by atoms with Crippen LogP contribution in [0.4, 0.5) is 47.3 Å². The molecule has 3 aromatic rings. The summed E-state index contributed by atoms with van der Waals surface area (Å²) < 4.78 is 87.9. The fraction of sp³-hybridized carbons (Fsp3) is 0.333. The predicted molar refractivity (Wildman–Crippen MR) is 168 cm³/mol. The number of ether oxygens (including phenoxy) is 3. The van der Waals surface area contributed by atoms with E-state index in [-0.39, 0.29) is 35.8 Å². The highest BCUT2D eigenvalue weighted by molar-refractivity contribution is 5.94. The van der Waals surface area contributed by atoms with Crippen LogP contribution in [0.3, 0.4) is 0 Å². The molecule has 4 rings (SSSR count). The van der Waals surface area contributed by atoms with Gasteiger partial charge >= 0.3 is 30.8 Å². The lowest BCUT2D eigenvalue weighted by Gasteiger charge is -2.34. The average molecular weight is 727 g/mol. The Balaban J connectivity index is 1.39. The number of halogens is 6. The van der Waals surface area contributed by atoms with Gasteiger partial charge in [-0.3, -0.25) is 14.9 Å². The van der Waals surface area contributed by atoms with E-state index < -0.39 is 60.4 Å². The number of rotatable bonds is 12. The summed E-state index contributed by atoms with van der Waals surface area (Å²) in [5.41, 5.74) is 1.22. The molecule has 1 aliphatic carbocycles. The number of amides is 4. The Labute approximate surface area is 286 Å². The molecule has 1 unspecified atom stereocenters.